The molecular formula is C12H14ClNO2. The van der Waals surface area contributed by atoms with E-state index >= 15 is 0 Å². The van der Waals surface area contributed by atoms with Crippen molar-refractivity contribution in [2.45, 2.75) is 24.7 Å². The van der Waals surface area contributed by atoms with Crippen LogP contribution in [-0.2, 0) is 5.41 Å². The highest BCUT2D eigenvalue weighted by molar-refractivity contribution is 6.32. The minimum atomic E-state index is 0.249. The average Bonchev–Trinajstić information content (AvgIpc) is 2.89. The Morgan fingerprint density at radius 3 is 2.81 bits per heavy atom. The van der Waals surface area contributed by atoms with E-state index in [1.807, 2.05) is 6.07 Å². The van der Waals surface area contributed by atoms with Gasteiger partial charge in [0.05, 0.1) is 5.02 Å². The Kier molecular flexibility index (Phi) is 2.26. The summed E-state index contributed by atoms with van der Waals surface area (Å²) in [5.41, 5.74) is 7.15. The molecule has 1 saturated carbocycles. The lowest BCUT2D eigenvalue weighted by Gasteiger charge is -2.15. The maximum atomic E-state index is 6.17. The number of hydrogen-bond acceptors (Lipinski definition) is 3. The molecule has 1 heterocycles. The third-order valence-corrected chi connectivity index (χ3v) is 3.80. The van der Waals surface area contributed by atoms with Crippen molar-refractivity contribution in [2.24, 2.45) is 5.73 Å². The van der Waals surface area contributed by atoms with E-state index in [1.165, 1.54) is 18.4 Å². The summed E-state index contributed by atoms with van der Waals surface area (Å²) in [6, 6.07) is 4.05. The third kappa shape index (κ3) is 1.46. The first-order valence-electron chi connectivity index (χ1n) is 5.55. The first-order chi connectivity index (χ1) is 7.75. The Hall–Kier alpha value is -0.930. The monoisotopic (exact) mass is 239 g/mol. The van der Waals surface area contributed by atoms with Gasteiger partial charge in [-0.05, 0) is 48.9 Å². The fourth-order valence-corrected chi connectivity index (χ4v) is 2.65. The van der Waals surface area contributed by atoms with Crippen molar-refractivity contribution < 1.29 is 9.47 Å². The van der Waals surface area contributed by atoms with Gasteiger partial charge in [-0.25, -0.2) is 0 Å². The van der Waals surface area contributed by atoms with Crippen LogP contribution in [0.4, 0.5) is 0 Å². The zero-order valence-electron chi connectivity index (χ0n) is 8.96. The molecule has 1 aromatic rings. The van der Waals surface area contributed by atoms with Gasteiger partial charge in [-0.15, -0.1) is 0 Å². The van der Waals surface area contributed by atoms with E-state index in [2.05, 4.69) is 6.07 Å². The largest absolute Gasteiger partial charge is 0.454 e. The molecule has 2 N–H and O–H groups in total. The van der Waals surface area contributed by atoms with Gasteiger partial charge in [-0.2, -0.15) is 0 Å². The number of rotatable bonds is 3. The van der Waals surface area contributed by atoms with Crippen LogP contribution in [0.15, 0.2) is 12.1 Å². The van der Waals surface area contributed by atoms with Gasteiger partial charge in [0.2, 0.25) is 6.79 Å². The number of ether oxygens (including phenoxy) is 2. The van der Waals surface area contributed by atoms with Crippen molar-refractivity contribution >= 4 is 11.6 Å². The molecule has 0 bridgehead atoms. The van der Waals surface area contributed by atoms with Crippen molar-refractivity contribution in [1.82, 2.24) is 0 Å². The smallest absolute Gasteiger partial charge is 0.231 e. The summed E-state index contributed by atoms with van der Waals surface area (Å²) in [5, 5.41) is 0.647. The quantitative estimate of drug-likeness (QED) is 0.881. The molecule has 1 fully saturated rings. The molecule has 1 aliphatic heterocycles. The minimum Gasteiger partial charge on any atom is -0.454 e. The van der Waals surface area contributed by atoms with E-state index in [4.69, 9.17) is 26.8 Å². The van der Waals surface area contributed by atoms with Gasteiger partial charge in [-0.3, -0.25) is 0 Å². The maximum absolute atomic E-state index is 6.17. The second-order valence-corrected chi connectivity index (χ2v) is 4.92. The molecule has 4 heteroatoms. The van der Waals surface area contributed by atoms with E-state index < -0.39 is 0 Å². The van der Waals surface area contributed by atoms with E-state index in [9.17, 15) is 0 Å². The highest BCUT2D eigenvalue weighted by Crippen LogP contribution is 2.53. The second-order valence-electron chi connectivity index (χ2n) is 4.51. The van der Waals surface area contributed by atoms with Crippen LogP contribution in [0.2, 0.25) is 5.02 Å². The van der Waals surface area contributed by atoms with Crippen molar-refractivity contribution in [2.75, 3.05) is 13.3 Å². The van der Waals surface area contributed by atoms with E-state index in [0.717, 1.165) is 12.2 Å². The Morgan fingerprint density at radius 2 is 2.12 bits per heavy atom. The number of hydrogen-bond donors (Lipinski definition) is 1. The summed E-state index contributed by atoms with van der Waals surface area (Å²) in [7, 11) is 0. The Balaban J connectivity index is 2.00. The second kappa shape index (κ2) is 3.54. The van der Waals surface area contributed by atoms with Crippen molar-refractivity contribution in [3.63, 3.8) is 0 Å². The molecule has 2 aliphatic rings. The number of halogens is 1. The lowest BCUT2D eigenvalue weighted by Crippen LogP contribution is -2.13. The van der Waals surface area contributed by atoms with Crippen LogP contribution in [0.3, 0.4) is 0 Å². The van der Waals surface area contributed by atoms with Crippen LogP contribution in [0.25, 0.3) is 0 Å². The standard InChI is InChI=1S/C12H14ClNO2/c13-9-5-8(12(1-2-12)3-4-14)6-10-11(9)16-7-15-10/h5-6H,1-4,7,14H2. The molecule has 3 rings (SSSR count). The Labute approximate surface area is 99.5 Å². The molecule has 0 unspecified atom stereocenters. The zero-order valence-corrected chi connectivity index (χ0v) is 9.72. The molecule has 0 amide bonds. The van der Waals surface area contributed by atoms with Crippen LogP contribution in [0.5, 0.6) is 11.5 Å². The molecule has 0 saturated heterocycles. The average molecular weight is 240 g/mol. The molecule has 86 valence electrons. The molecule has 16 heavy (non-hydrogen) atoms. The van der Waals surface area contributed by atoms with Gasteiger partial charge < -0.3 is 15.2 Å². The molecule has 0 aromatic heterocycles. The van der Waals surface area contributed by atoms with Gasteiger partial charge >= 0.3 is 0 Å². The summed E-state index contributed by atoms with van der Waals surface area (Å²) >= 11 is 6.17. The topological polar surface area (TPSA) is 44.5 Å². The summed E-state index contributed by atoms with van der Waals surface area (Å²) in [5.74, 6) is 1.44. The first-order valence-corrected chi connectivity index (χ1v) is 5.93. The fourth-order valence-electron chi connectivity index (χ4n) is 2.38. The normalized spacial score (nSPS) is 19.9. The molecule has 1 aliphatic carbocycles. The predicted molar refractivity (Wildman–Crippen MR) is 62.2 cm³/mol. The molecule has 3 nitrogen and oxygen atoms in total. The van der Waals surface area contributed by atoms with Gasteiger partial charge in [0, 0.05) is 0 Å². The van der Waals surface area contributed by atoms with E-state index in [1.54, 1.807) is 0 Å². The van der Waals surface area contributed by atoms with Crippen molar-refractivity contribution in [1.29, 1.82) is 0 Å². The van der Waals surface area contributed by atoms with E-state index in [0.29, 0.717) is 17.3 Å². The third-order valence-electron chi connectivity index (χ3n) is 3.52. The summed E-state index contributed by atoms with van der Waals surface area (Å²) in [4.78, 5) is 0. The lowest BCUT2D eigenvalue weighted by atomic mass is 9.92. The van der Waals surface area contributed by atoms with Gasteiger partial charge in [0.15, 0.2) is 11.5 Å². The summed E-state index contributed by atoms with van der Waals surface area (Å²) in [6.07, 6.45) is 3.41. The van der Waals surface area contributed by atoms with Gasteiger partial charge in [-0.1, -0.05) is 11.6 Å². The Morgan fingerprint density at radius 1 is 1.31 bits per heavy atom. The van der Waals surface area contributed by atoms with Crippen LogP contribution in [-0.4, -0.2) is 13.3 Å². The van der Waals surface area contributed by atoms with E-state index in [-0.39, 0.29) is 12.2 Å². The summed E-state index contributed by atoms with van der Waals surface area (Å²) < 4.78 is 10.7. The molecule has 1 aromatic carbocycles. The molecule has 0 radical (unpaired) electrons. The van der Waals surface area contributed by atoms with Gasteiger partial charge in [0.1, 0.15) is 0 Å². The van der Waals surface area contributed by atoms with Crippen LogP contribution >= 0.6 is 11.6 Å². The molecular weight excluding hydrogens is 226 g/mol. The van der Waals surface area contributed by atoms with Crippen LogP contribution < -0.4 is 15.2 Å². The van der Waals surface area contributed by atoms with Crippen molar-refractivity contribution in [3.05, 3.63) is 22.7 Å². The zero-order chi connectivity index (χ0) is 11.2. The summed E-state index contributed by atoms with van der Waals surface area (Å²) in [6.45, 7) is 0.981. The Bertz CT molecular complexity index is 429. The maximum Gasteiger partial charge on any atom is 0.231 e. The predicted octanol–water partition coefficient (Wildman–Crippen LogP) is 2.45. The van der Waals surface area contributed by atoms with Gasteiger partial charge in [0.25, 0.3) is 0 Å². The SMILES string of the molecule is NCCC1(c2cc(Cl)c3c(c2)OCO3)CC1. The highest BCUT2D eigenvalue weighted by Gasteiger charge is 2.44. The highest BCUT2D eigenvalue weighted by atomic mass is 35.5. The van der Waals surface area contributed by atoms with Crippen molar-refractivity contribution in [3.8, 4) is 11.5 Å². The molecule has 0 spiro atoms. The minimum absolute atomic E-state index is 0.249. The lowest BCUT2D eigenvalue weighted by molar-refractivity contribution is 0.174. The number of benzene rings is 1. The van der Waals surface area contributed by atoms with Crippen LogP contribution in [0.1, 0.15) is 24.8 Å². The molecule has 0 atom stereocenters. The number of fused-ring (bicyclic) bond motifs is 1. The fraction of sp³-hybridized carbons (Fsp3) is 0.500. The van der Waals surface area contributed by atoms with Crippen LogP contribution in [0, 0.1) is 0 Å². The number of nitrogens with two attached hydrogens (primary N) is 1. The first kappa shape index (κ1) is 10.2.